The van der Waals surface area contributed by atoms with Crippen LogP contribution in [-0.4, -0.2) is 38.3 Å². The third-order valence-electron chi connectivity index (χ3n) is 4.12. The molecule has 0 saturated carbocycles. The van der Waals surface area contributed by atoms with Crippen LogP contribution in [0.5, 0.6) is 17.2 Å². The van der Waals surface area contributed by atoms with Gasteiger partial charge in [-0.1, -0.05) is 6.07 Å². The molecule has 7 nitrogen and oxygen atoms in total. The largest absolute Gasteiger partial charge is 0.493 e. The van der Waals surface area contributed by atoms with Crippen LogP contribution in [0.4, 0.5) is 5.69 Å². The van der Waals surface area contributed by atoms with Crippen molar-refractivity contribution in [1.82, 2.24) is 0 Å². The second-order valence-corrected chi connectivity index (χ2v) is 5.92. The molecule has 1 amide bonds. The number of ether oxygens (including phenoxy) is 3. The Morgan fingerprint density at radius 1 is 1.00 bits per heavy atom. The van der Waals surface area contributed by atoms with Crippen molar-refractivity contribution < 1.29 is 28.9 Å². The van der Waals surface area contributed by atoms with Crippen molar-refractivity contribution in [3.8, 4) is 17.2 Å². The maximum absolute atomic E-state index is 12.3. The lowest BCUT2D eigenvalue weighted by Crippen LogP contribution is -2.14. The first-order valence-corrected chi connectivity index (χ1v) is 8.32. The van der Waals surface area contributed by atoms with Gasteiger partial charge in [0, 0.05) is 12.1 Å². The molecule has 144 valence electrons. The summed E-state index contributed by atoms with van der Waals surface area (Å²) in [5.41, 5.74) is 2.27. The molecular weight excluding hydrogens is 350 g/mol. The van der Waals surface area contributed by atoms with Gasteiger partial charge in [0.2, 0.25) is 11.7 Å². The Hall–Kier alpha value is -3.22. The van der Waals surface area contributed by atoms with Crippen LogP contribution in [0, 0.1) is 6.92 Å². The van der Waals surface area contributed by atoms with E-state index in [4.69, 9.17) is 19.3 Å². The second kappa shape index (κ2) is 8.93. The molecule has 0 fully saturated rings. The molecule has 0 heterocycles. The molecule has 0 aliphatic heterocycles. The minimum absolute atomic E-state index is 0.125. The maximum atomic E-state index is 12.3. The number of anilines is 1. The van der Waals surface area contributed by atoms with Crippen LogP contribution in [0.3, 0.4) is 0 Å². The number of carboxylic acids is 1. The second-order valence-electron chi connectivity index (χ2n) is 5.92. The van der Waals surface area contributed by atoms with Gasteiger partial charge in [-0.15, -0.1) is 0 Å². The zero-order valence-electron chi connectivity index (χ0n) is 15.8. The Balaban J connectivity index is 2.10. The van der Waals surface area contributed by atoms with Crippen LogP contribution in [0.2, 0.25) is 0 Å². The van der Waals surface area contributed by atoms with Crippen LogP contribution >= 0.6 is 0 Å². The molecule has 0 radical (unpaired) electrons. The monoisotopic (exact) mass is 373 g/mol. The van der Waals surface area contributed by atoms with Crippen LogP contribution < -0.4 is 19.5 Å². The lowest BCUT2D eigenvalue weighted by atomic mass is 10.1. The first-order chi connectivity index (χ1) is 12.9. The fraction of sp³-hybridized carbons (Fsp3) is 0.300. The van der Waals surface area contributed by atoms with Gasteiger partial charge in [-0.05, 0) is 48.7 Å². The first kappa shape index (κ1) is 20.1. The van der Waals surface area contributed by atoms with E-state index in [9.17, 15) is 9.59 Å². The highest BCUT2D eigenvalue weighted by molar-refractivity contribution is 5.94. The van der Waals surface area contributed by atoms with Crippen molar-refractivity contribution in [2.45, 2.75) is 19.8 Å². The topological polar surface area (TPSA) is 94.1 Å². The third kappa shape index (κ3) is 4.91. The van der Waals surface area contributed by atoms with Gasteiger partial charge in [-0.2, -0.15) is 0 Å². The number of carbonyl (C=O) groups excluding carboxylic acids is 1. The highest BCUT2D eigenvalue weighted by atomic mass is 16.5. The minimum Gasteiger partial charge on any atom is -0.493 e. The van der Waals surface area contributed by atoms with E-state index in [1.165, 1.54) is 33.5 Å². The quantitative estimate of drug-likeness (QED) is 0.737. The molecule has 0 bridgehead atoms. The Morgan fingerprint density at radius 3 is 2.15 bits per heavy atom. The predicted octanol–water partition coefficient (Wildman–Crippen LogP) is 3.29. The fourth-order valence-electron chi connectivity index (χ4n) is 2.64. The van der Waals surface area contributed by atoms with Crippen molar-refractivity contribution in [1.29, 1.82) is 0 Å². The summed E-state index contributed by atoms with van der Waals surface area (Å²) in [6.45, 7) is 1.81. The Labute approximate surface area is 157 Å². The lowest BCUT2D eigenvalue weighted by Gasteiger charge is -2.14. The summed E-state index contributed by atoms with van der Waals surface area (Å²) in [4.78, 5) is 23.4. The van der Waals surface area contributed by atoms with Crippen molar-refractivity contribution in [2.75, 3.05) is 26.6 Å². The average Bonchev–Trinajstić information content (AvgIpc) is 2.66. The number of carbonyl (C=O) groups is 2. The number of hydrogen-bond acceptors (Lipinski definition) is 5. The number of amides is 1. The van der Waals surface area contributed by atoms with E-state index in [-0.39, 0.29) is 17.9 Å². The molecule has 2 N–H and O–H groups in total. The molecular formula is C20H23NO6. The highest BCUT2D eigenvalue weighted by Crippen LogP contribution is 2.38. The first-order valence-electron chi connectivity index (χ1n) is 8.32. The van der Waals surface area contributed by atoms with Gasteiger partial charge in [0.15, 0.2) is 11.5 Å². The van der Waals surface area contributed by atoms with Crippen LogP contribution in [0.25, 0.3) is 0 Å². The molecule has 0 saturated heterocycles. The van der Waals surface area contributed by atoms with Gasteiger partial charge in [-0.25, -0.2) is 4.79 Å². The van der Waals surface area contributed by atoms with Gasteiger partial charge < -0.3 is 24.6 Å². The molecule has 2 aromatic rings. The molecule has 2 rings (SSSR count). The summed E-state index contributed by atoms with van der Waals surface area (Å²) in [6.07, 6.45) is 0.676. The number of aryl methyl sites for hydroxylation is 2. The molecule has 0 aliphatic rings. The number of methoxy groups -OCH3 is 3. The molecule has 2 aromatic carbocycles. The lowest BCUT2D eigenvalue weighted by molar-refractivity contribution is -0.116. The summed E-state index contributed by atoms with van der Waals surface area (Å²) in [7, 11) is 4.60. The fourth-order valence-corrected chi connectivity index (χ4v) is 2.64. The number of aromatic carboxylic acids is 1. The van der Waals surface area contributed by atoms with Crippen molar-refractivity contribution in [3.63, 3.8) is 0 Å². The number of benzene rings is 2. The highest BCUT2D eigenvalue weighted by Gasteiger charge is 2.14. The summed E-state index contributed by atoms with van der Waals surface area (Å²) >= 11 is 0. The SMILES string of the molecule is COc1cc(CCC(=O)Nc2cc(C(=O)O)ccc2C)cc(OC)c1OC. The molecule has 7 heteroatoms. The molecule has 0 unspecified atom stereocenters. The van der Waals surface area contributed by atoms with E-state index in [0.717, 1.165) is 11.1 Å². The smallest absolute Gasteiger partial charge is 0.335 e. The Bertz CT molecular complexity index is 821. The summed E-state index contributed by atoms with van der Waals surface area (Å²) in [6, 6.07) is 8.21. The van der Waals surface area contributed by atoms with Gasteiger partial charge in [-0.3, -0.25) is 4.79 Å². The van der Waals surface area contributed by atoms with Crippen molar-refractivity contribution in [3.05, 3.63) is 47.0 Å². The van der Waals surface area contributed by atoms with Gasteiger partial charge >= 0.3 is 5.97 Å². The summed E-state index contributed by atoms with van der Waals surface area (Å²) in [5, 5.41) is 11.8. The van der Waals surface area contributed by atoms with E-state index >= 15 is 0 Å². The zero-order valence-corrected chi connectivity index (χ0v) is 15.8. The van der Waals surface area contributed by atoms with Gasteiger partial charge in [0.05, 0.1) is 26.9 Å². The van der Waals surface area contributed by atoms with E-state index in [1.807, 2.05) is 0 Å². The zero-order chi connectivity index (χ0) is 20.0. The number of carboxylic acid groups (broad SMARTS) is 1. The molecule has 27 heavy (non-hydrogen) atoms. The predicted molar refractivity (Wildman–Crippen MR) is 101 cm³/mol. The summed E-state index contributed by atoms with van der Waals surface area (Å²) < 4.78 is 15.9. The molecule has 0 spiro atoms. The van der Waals surface area contributed by atoms with Crippen LogP contribution in [0.1, 0.15) is 27.9 Å². The van der Waals surface area contributed by atoms with E-state index in [0.29, 0.717) is 29.4 Å². The third-order valence-corrected chi connectivity index (χ3v) is 4.12. The van der Waals surface area contributed by atoms with Crippen LogP contribution in [-0.2, 0) is 11.2 Å². The molecule has 0 aromatic heterocycles. The van der Waals surface area contributed by atoms with E-state index in [2.05, 4.69) is 5.32 Å². The van der Waals surface area contributed by atoms with Crippen molar-refractivity contribution in [2.24, 2.45) is 0 Å². The summed E-state index contributed by atoms with van der Waals surface area (Å²) in [5.74, 6) is 0.293. The Morgan fingerprint density at radius 2 is 1.63 bits per heavy atom. The minimum atomic E-state index is -1.04. The Kier molecular flexibility index (Phi) is 6.65. The molecule has 0 atom stereocenters. The average molecular weight is 373 g/mol. The number of rotatable bonds is 8. The van der Waals surface area contributed by atoms with Gasteiger partial charge in [0.25, 0.3) is 0 Å². The van der Waals surface area contributed by atoms with Gasteiger partial charge in [0.1, 0.15) is 0 Å². The maximum Gasteiger partial charge on any atom is 0.335 e. The number of hydrogen-bond donors (Lipinski definition) is 2. The molecule has 0 aliphatic carbocycles. The van der Waals surface area contributed by atoms with Crippen molar-refractivity contribution >= 4 is 17.6 Å². The normalized spacial score (nSPS) is 10.2. The number of nitrogens with one attached hydrogen (secondary N) is 1. The standard InChI is InChI=1S/C20H23NO6/c1-12-5-7-14(20(23)24)11-15(12)21-18(22)8-6-13-9-16(25-2)19(27-4)17(10-13)26-3/h5,7,9-11H,6,8H2,1-4H3,(H,21,22)(H,23,24). The van der Waals surface area contributed by atoms with E-state index < -0.39 is 5.97 Å². The van der Waals surface area contributed by atoms with E-state index in [1.54, 1.807) is 25.1 Å². The van der Waals surface area contributed by atoms with Crippen LogP contribution in [0.15, 0.2) is 30.3 Å².